The number of imidazole rings is 1. The zero-order valence-corrected chi connectivity index (χ0v) is 21.3. The van der Waals surface area contributed by atoms with Crippen molar-refractivity contribution >= 4 is 30.4 Å². The van der Waals surface area contributed by atoms with Gasteiger partial charge in [-0.15, -0.1) is 0 Å². The maximum absolute atomic E-state index is 14.0. The van der Waals surface area contributed by atoms with Crippen molar-refractivity contribution in [1.82, 2.24) is 29.7 Å². The number of ether oxygens (including phenoxy) is 2. The van der Waals surface area contributed by atoms with Gasteiger partial charge in [0.25, 0.3) is 0 Å². The molecular weight excluding hydrogens is 473 g/mol. The van der Waals surface area contributed by atoms with Gasteiger partial charge in [-0.05, 0) is 33.8 Å². The maximum atomic E-state index is 14.0. The van der Waals surface area contributed by atoms with Crippen LogP contribution in [0.15, 0.2) is 36.9 Å². The van der Waals surface area contributed by atoms with Crippen molar-refractivity contribution < 1.29 is 23.9 Å². The van der Waals surface area contributed by atoms with Crippen molar-refractivity contribution in [2.45, 2.75) is 51.9 Å². The topological polar surface area (TPSA) is 167 Å². The smallest absolute Gasteiger partial charge is 0.323 e. The normalized spacial score (nSPS) is 15.5. The number of hydrogen-bond donors (Lipinski definition) is 4. The molecular formula is C22H32N7O5P. The molecule has 0 saturated carbocycles. The van der Waals surface area contributed by atoms with Gasteiger partial charge in [-0.3, -0.25) is 9.36 Å². The number of fused-ring (bicyclic) bond motifs is 1. The van der Waals surface area contributed by atoms with Crippen LogP contribution >= 0.6 is 7.44 Å². The molecule has 35 heavy (non-hydrogen) atoms. The number of nitrogens with zero attached hydrogens (tertiary/aromatic N) is 4. The molecule has 3 rings (SSSR count). The van der Waals surface area contributed by atoms with Crippen LogP contribution in [0.2, 0.25) is 0 Å². The van der Waals surface area contributed by atoms with Gasteiger partial charge in [-0.2, -0.15) is 0 Å². The summed E-state index contributed by atoms with van der Waals surface area (Å²) in [5.41, 5.74) is 6.20. The number of aliphatic carboxylic acids is 1. The first-order chi connectivity index (χ1) is 16.5. The highest BCUT2D eigenvalue weighted by Crippen LogP contribution is 2.43. The highest BCUT2D eigenvalue weighted by atomic mass is 31.2. The number of nitrogens with one attached hydrogen (secondary N) is 2. The highest BCUT2D eigenvalue weighted by molar-refractivity contribution is 7.59. The molecule has 12 nitrogen and oxygen atoms in total. The molecule has 1 unspecified atom stereocenters. The molecule has 3 atom stereocenters. The van der Waals surface area contributed by atoms with E-state index >= 15 is 0 Å². The fourth-order valence-electron chi connectivity index (χ4n) is 3.60. The van der Waals surface area contributed by atoms with Crippen LogP contribution in [0.5, 0.6) is 5.75 Å². The first-order valence-electron chi connectivity index (χ1n) is 11.0. The monoisotopic (exact) mass is 505 g/mol. The minimum atomic E-state index is -3.58. The summed E-state index contributed by atoms with van der Waals surface area (Å²) < 4.78 is 27.1. The lowest BCUT2D eigenvalue weighted by Crippen LogP contribution is -2.47. The van der Waals surface area contributed by atoms with Crippen LogP contribution < -0.4 is 20.6 Å². The summed E-state index contributed by atoms with van der Waals surface area (Å²) in [6.07, 6.45) is 2.28. The van der Waals surface area contributed by atoms with E-state index in [9.17, 15) is 14.5 Å². The fraction of sp³-hybridized carbons (Fsp3) is 0.455. The van der Waals surface area contributed by atoms with Gasteiger partial charge in [0.15, 0.2) is 11.5 Å². The predicted octanol–water partition coefficient (Wildman–Crippen LogP) is 2.78. The zero-order chi connectivity index (χ0) is 25.8. The number of para-hydroxylation sites is 1. The van der Waals surface area contributed by atoms with Crippen molar-refractivity contribution in [3.05, 3.63) is 42.5 Å². The molecule has 0 amide bonds. The molecule has 0 aliphatic rings. The summed E-state index contributed by atoms with van der Waals surface area (Å²) in [5, 5.41) is 15.5. The standard InChI is InChI=1S/C22H32N7O5P/c1-14(10-29-12-26-18-19(23)24-11-25-20(18)29)34-13-35(32,28-22(3,4)21(30)31)27-15(2)16-8-6-7-9-17(16)33-5/h6-9,11-12,14-15H,10,13H2,1-5H3,(H,30,31)(H2,23,24,25)(H2,27,28,32)/t14-,15+,35?/m1/s1. The Morgan fingerprint density at radius 3 is 2.66 bits per heavy atom. The third-order valence-corrected chi connectivity index (χ3v) is 7.66. The summed E-state index contributed by atoms with van der Waals surface area (Å²) in [5.74, 6) is -0.236. The lowest BCUT2D eigenvalue weighted by molar-refractivity contribution is -0.142. The van der Waals surface area contributed by atoms with Crippen LogP contribution in [0, 0.1) is 0 Å². The molecule has 2 aromatic heterocycles. The number of carboxylic acids is 1. The van der Waals surface area contributed by atoms with E-state index in [1.165, 1.54) is 20.2 Å². The summed E-state index contributed by atoms with van der Waals surface area (Å²) in [6.45, 7) is 6.89. The summed E-state index contributed by atoms with van der Waals surface area (Å²) in [6, 6.07) is 6.91. The number of carboxylic acid groups (broad SMARTS) is 1. The van der Waals surface area contributed by atoms with Gasteiger partial charge in [-0.1, -0.05) is 18.2 Å². The molecule has 0 spiro atoms. The van der Waals surface area contributed by atoms with E-state index in [0.29, 0.717) is 23.5 Å². The predicted molar refractivity (Wildman–Crippen MR) is 132 cm³/mol. The van der Waals surface area contributed by atoms with Gasteiger partial charge in [0, 0.05) is 11.6 Å². The van der Waals surface area contributed by atoms with Crippen LogP contribution in [0.4, 0.5) is 5.82 Å². The number of anilines is 1. The quantitative estimate of drug-likeness (QED) is 0.267. The Labute approximate surface area is 203 Å². The number of benzene rings is 1. The average Bonchev–Trinajstić information content (AvgIpc) is 3.21. The van der Waals surface area contributed by atoms with Crippen LogP contribution in [-0.2, 0) is 20.6 Å². The van der Waals surface area contributed by atoms with E-state index in [-0.39, 0.29) is 12.2 Å². The maximum Gasteiger partial charge on any atom is 0.323 e. The Balaban J connectivity index is 1.77. The molecule has 190 valence electrons. The number of nitrogen functional groups attached to an aromatic ring is 1. The average molecular weight is 506 g/mol. The van der Waals surface area contributed by atoms with Crippen molar-refractivity contribution in [1.29, 1.82) is 0 Å². The molecule has 0 saturated heterocycles. The second-order valence-corrected chi connectivity index (χ2v) is 11.0. The van der Waals surface area contributed by atoms with Crippen molar-refractivity contribution in [3.8, 4) is 5.75 Å². The zero-order valence-electron chi connectivity index (χ0n) is 20.4. The van der Waals surface area contributed by atoms with Crippen molar-refractivity contribution in [3.63, 3.8) is 0 Å². The lowest BCUT2D eigenvalue weighted by Gasteiger charge is -2.32. The second-order valence-electron chi connectivity index (χ2n) is 8.81. The van der Waals surface area contributed by atoms with Gasteiger partial charge < -0.3 is 24.9 Å². The molecule has 0 aliphatic heterocycles. The number of hydrogen-bond acceptors (Lipinski definition) is 8. The Kier molecular flexibility index (Phi) is 8.11. The first kappa shape index (κ1) is 26.6. The van der Waals surface area contributed by atoms with E-state index in [0.717, 1.165) is 5.56 Å². The van der Waals surface area contributed by atoms with Gasteiger partial charge in [-0.25, -0.2) is 25.1 Å². The largest absolute Gasteiger partial charge is 0.496 e. The molecule has 0 bridgehead atoms. The van der Waals surface area contributed by atoms with Crippen molar-refractivity contribution in [2.24, 2.45) is 0 Å². The first-order valence-corrected chi connectivity index (χ1v) is 12.9. The van der Waals surface area contributed by atoms with E-state index in [2.05, 4.69) is 25.1 Å². The second kappa shape index (κ2) is 10.7. The number of nitrogens with two attached hydrogens (primary N) is 1. The molecule has 0 radical (unpaired) electrons. The van der Waals surface area contributed by atoms with E-state index < -0.39 is 31.1 Å². The van der Waals surface area contributed by atoms with Crippen LogP contribution in [0.3, 0.4) is 0 Å². The molecule has 0 aliphatic carbocycles. The molecule has 2 heterocycles. The van der Waals surface area contributed by atoms with Gasteiger partial charge in [0.1, 0.15) is 29.5 Å². The number of carbonyl (C=O) groups is 1. The van der Waals surface area contributed by atoms with Gasteiger partial charge in [0.05, 0.1) is 26.1 Å². The van der Waals surface area contributed by atoms with E-state index in [4.69, 9.17) is 15.2 Å². The Hall–Kier alpha value is -3.05. The van der Waals surface area contributed by atoms with Gasteiger partial charge >= 0.3 is 5.97 Å². The number of aromatic nitrogens is 4. The Morgan fingerprint density at radius 1 is 1.26 bits per heavy atom. The lowest BCUT2D eigenvalue weighted by atomic mass is 10.1. The van der Waals surface area contributed by atoms with Crippen LogP contribution in [0.25, 0.3) is 11.2 Å². The minimum absolute atomic E-state index is 0.256. The summed E-state index contributed by atoms with van der Waals surface area (Å²) in [4.78, 5) is 24.1. The number of rotatable bonds is 12. The minimum Gasteiger partial charge on any atom is -0.496 e. The number of methoxy groups -OCH3 is 1. The summed E-state index contributed by atoms with van der Waals surface area (Å²) >= 11 is 0. The third kappa shape index (κ3) is 6.34. The highest BCUT2D eigenvalue weighted by Gasteiger charge is 2.37. The molecule has 3 aromatic rings. The van der Waals surface area contributed by atoms with Crippen LogP contribution in [0.1, 0.15) is 39.3 Å². The SMILES string of the molecule is COc1ccccc1[C@H](C)NP(=O)(CO[C@H](C)Cn1cnc2c(N)ncnc21)NC(C)(C)C(=O)O. The third-order valence-electron chi connectivity index (χ3n) is 5.43. The van der Waals surface area contributed by atoms with E-state index in [1.807, 2.05) is 32.0 Å². The Bertz CT molecular complexity index is 1230. The summed E-state index contributed by atoms with van der Waals surface area (Å²) in [7, 11) is -2.02. The molecule has 1 aromatic carbocycles. The van der Waals surface area contributed by atoms with E-state index in [1.54, 1.807) is 24.1 Å². The fourth-order valence-corrected chi connectivity index (χ4v) is 6.03. The van der Waals surface area contributed by atoms with Crippen molar-refractivity contribution in [2.75, 3.05) is 19.2 Å². The van der Waals surface area contributed by atoms with Crippen LogP contribution in [-0.4, -0.2) is 55.7 Å². The molecule has 5 N–H and O–H groups in total. The van der Waals surface area contributed by atoms with Gasteiger partial charge in [0.2, 0.25) is 7.44 Å². The molecule has 0 fully saturated rings. The molecule has 13 heteroatoms. The Morgan fingerprint density at radius 2 is 1.97 bits per heavy atom.